The van der Waals surface area contributed by atoms with Crippen molar-refractivity contribution in [3.05, 3.63) is 29.3 Å². The number of rotatable bonds is 4. The number of nitriles is 1. The van der Waals surface area contributed by atoms with Crippen molar-refractivity contribution in [2.45, 2.75) is 51.4 Å². The van der Waals surface area contributed by atoms with Gasteiger partial charge < -0.3 is 4.74 Å². The average molecular weight is 257 g/mol. The summed E-state index contributed by atoms with van der Waals surface area (Å²) in [5, 5.41) is 8.73. The van der Waals surface area contributed by atoms with Crippen LogP contribution in [-0.2, 0) is 11.2 Å². The van der Waals surface area contributed by atoms with Crippen molar-refractivity contribution in [2.75, 3.05) is 0 Å². The van der Waals surface area contributed by atoms with Gasteiger partial charge in [0.15, 0.2) is 0 Å². The molecule has 0 saturated carbocycles. The minimum absolute atomic E-state index is 0.187. The highest BCUT2D eigenvalue weighted by Gasteiger charge is 2.23. The minimum atomic E-state index is -0.187. The lowest BCUT2D eigenvalue weighted by Crippen LogP contribution is -2.14. The summed E-state index contributed by atoms with van der Waals surface area (Å²) in [5.41, 5.74) is 2.43. The molecule has 3 heteroatoms. The first-order valence-electron chi connectivity index (χ1n) is 6.95. The van der Waals surface area contributed by atoms with Gasteiger partial charge in [0.25, 0.3) is 0 Å². The quantitative estimate of drug-likeness (QED) is 0.610. The molecule has 0 radical (unpaired) electrons. The Balaban J connectivity index is 2.25. The Labute approximate surface area is 114 Å². The highest BCUT2D eigenvalue weighted by molar-refractivity contribution is 5.72. The average Bonchev–Trinajstić information content (AvgIpc) is 2.45. The van der Waals surface area contributed by atoms with E-state index in [1.807, 2.05) is 12.1 Å². The van der Waals surface area contributed by atoms with Gasteiger partial charge in [-0.3, -0.25) is 4.79 Å². The number of carbonyl (C=O) groups is 1. The van der Waals surface area contributed by atoms with Crippen molar-refractivity contribution in [1.82, 2.24) is 0 Å². The molecule has 0 spiro atoms. The molecule has 0 amide bonds. The lowest BCUT2D eigenvalue weighted by molar-refractivity contribution is -0.134. The molecule has 1 aromatic rings. The maximum absolute atomic E-state index is 11.5. The zero-order chi connectivity index (χ0) is 13.7. The highest BCUT2D eigenvalue weighted by Crippen LogP contribution is 2.38. The van der Waals surface area contributed by atoms with Crippen molar-refractivity contribution in [2.24, 2.45) is 0 Å². The van der Waals surface area contributed by atoms with E-state index in [9.17, 15) is 4.79 Å². The van der Waals surface area contributed by atoms with Crippen LogP contribution in [0.15, 0.2) is 18.2 Å². The lowest BCUT2D eigenvalue weighted by atomic mass is 9.80. The number of fused-ring (bicyclic) bond motifs is 1. The van der Waals surface area contributed by atoms with E-state index in [0.29, 0.717) is 24.5 Å². The summed E-state index contributed by atoms with van der Waals surface area (Å²) in [6.07, 6.45) is 5.06. The largest absolute Gasteiger partial charge is 0.426 e. The van der Waals surface area contributed by atoms with Crippen molar-refractivity contribution in [1.29, 1.82) is 5.26 Å². The molecule has 0 aromatic heterocycles. The third-order valence-electron chi connectivity index (χ3n) is 3.71. The van der Waals surface area contributed by atoms with Crippen molar-refractivity contribution in [3.8, 4) is 11.8 Å². The SMILES string of the molecule is CCC(=O)Oc1cccc2c1CCCC2CCC#N. The summed E-state index contributed by atoms with van der Waals surface area (Å²) in [6, 6.07) is 8.15. The van der Waals surface area contributed by atoms with E-state index in [0.717, 1.165) is 25.7 Å². The fourth-order valence-corrected chi connectivity index (χ4v) is 2.74. The summed E-state index contributed by atoms with van der Waals surface area (Å²) < 4.78 is 5.41. The van der Waals surface area contributed by atoms with Crippen molar-refractivity contribution in [3.63, 3.8) is 0 Å². The van der Waals surface area contributed by atoms with Crippen LogP contribution in [0.3, 0.4) is 0 Å². The van der Waals surface area contributed by atoms with Gasteiger partial charge >= 0.3 is 5.97 Å². The van der Waals surface area contributed by atoms with E-state index in [4.69, 9.17) is 10.00 Å². The number of nitrogens with zero attached hydrogens (tertiary/aromatic N) is 1. The van der Waals surface area contributed by atoms with Gasteiger partial charge in [-0.25, -0.2) is 0 Å². The number of ether oxygens (including phenoxy) is 1. The van der Waals surface area contributed by atoms with Crippen LogP contribution in [0.4, 0.5) is 0 Å². The van der Waals surface area contributed by atoms with Gasteiger partial charge in [0, 0.05) is 12.8 Å². The molecule has 100 valence electrons. The molecule has 0 heterocycles. The van der Waals surface area contributed by atoms with Crippen molar-refractivity contribution >= 4 is 5.97 Å². The molecular weight excluding hydrogens is 238 g/mol. The monoisotopic (exact) mass is 257 g/mol. The number of carbonyl (C=O) groups excluding carboxylic acids is 1. The third kappa shape index (κ3) is 3.14. The molecule has 19 heavy (non-hydrogen) atoms. The normalized spacial score (nSPS) is 17.4. The van der Waals surface area contributed by atoms with Crippen LogP contribution in [-0.4, -0.2) is 5.97 Å². The summed E-state index contributed by atoms with van der Waals surface area (Å²) in [5.74, 6) is 0.960. The molecule has 0 fully saturated rings. The Bertz CT molecular complexity index is 502. The van der Waals surface area contributed by atoms with Gasteiger partial charge in [0.2, 0.25) is 0 Å². The van der Waals surface area contributed by atoms with Crippen LogP contribution in [0.25, 0.3) is 0 Å². The molecule has 1 aliphatic rings. The molecule has 2 rings (SSSR count). The Morgan fingerprint density at radius 1 is 1.53 bits per heavy atom. The van der Waals surface area contributed by atoms with E-state index in [-0.39, 0.29) is 5.97 Å². The predicted molar refractivity (Wildman–Crippen MR) is 72.9 cm³/mol. The Hall–Kier alpha value is -1.82. The second-order valence-electron chi connectivity index (χ2n) is 4.94. The van der Waals surface area contributed by atoms with E-state index in [1.54, 1.807) is 6.92 Å². The van der Waals surface area contributed by atoms with Gasteiger partial charge in [-0.2, -0.15) is 5.26 Å². The maximum Gasteiger partial charge on any atom is 0.310 e. The second-order valence-corrected chi connectivity index (χ2v) is 4.94. The molecule has 1 unspecified atom stereocenters. The van der Waals surface area contributed by atoms with Crippen LogP contribution in [0.1, 0.15) is 56.1 Å². The van der Waals surface area contributed by atoms with E-state index >= 15 is 0 Å². The highest BCUT2D eigenvalue weighted by atomic mass is 16.5. The first-order chi connectivity index (χ1) is 9.26. The van der Waals surface area contributed by atoms with E-state index in [1.165, 1.54) is 11.1 Å². The zero-order valence-electron chi connectivity index (χ0n) is 11.3. The predicted octanol–water partition coefficient (Wildman–Crippen LogP) is 3.73. The van der Waals surface area contributed by atoms with Crippen LogP contribution >= 0.6 is 0 Å². The fraction of sp³-hybridized carbons (Fsp3) is 0.500. The third-order valence-corrected chi connectivity index (χ3v) is 3.71. The topological polar surface area (TPSA) is 50.1 Å². The summed E-state index contributed by atoms with van der Waals surface area (Å²) >= 11 is 0. The van der Waals surface area contributed by atoms with Gasteiger partial charge in [0.1, 0.15) is 5.75 Å². The Morgan fingerprint density at radius 2 is 2.37 bits per heavy atom. The minimum Gasteiger partial charge on any atom is -0.426 e. The van der Waals surface area contributed by atoms with Gasteiger partial charge in [0.05, 0.1) is 6.07 Å². The fourth-order valence-electron chi connectivity index (χ4n) is 2.74. The lowest BCUT2D eigenvalue weighted by Gasteiger charge is -2.26. The molecule has 0 bridgehead atoms. The van der Waals surface area contributed by atoms with Crippen molar-refractivity contribution < 1.29 is 9.53 Å². The van der Waals surface area contributed by atoms with Gasteiger partial charge in [-0.1, -0.05) is 19.1 Å². The number of hydrogen-bond donors (Lipinski definition) is 0. The first-order valence-corrected chi connectivity index (χ1v) is 6.95. The van der Waals surface area contributed by atoms with Crippen LogP contribution in [0.2, 0.25) is 0 Å². The number of benzene rings is 1. The molecule has 3 nitrogen and oxygen atoms in total. The summed E-state index contributed by atoms with van der Waals surface area (Å²) in [7, 11) is 0. The second kappa shape index (κ2) is 6.38. The molecule has 1 atom stereocenters. The Morgan fingerprint density at radius 3 is 3.11 bits per heavy atom. The maximum atomic E-state index is 11.5. The zero-order valence-corrected chi connectivity index (χ0v) is 11.3. The standard InChI is InChI=1S/C16H19NO2/c1-2-16(18)19-15-10-4-8-13-12(7-5-11-17)6-3-9-14(13)15/h4,8,10,12H,2-3,5-7,9H2,1H3. The Kier molecular flexibility index (Phi) is 4.57. The van der Waals surface area contributed by atoms with Crippen LogP contribution < -0.4 is 4.74 Å². The molecular formula is C16H19NO2. The molecule has 0 saturated heterocycles. The molecule has 0 aliphatic heterocycles. The first kappa shape index (κ1) is 13.6. The smallest absolute Gasteiger partial charge is 0.310 e. The molecule has 1 aromatic carbocycles. The van der Waals surface area contributed by atoms with Gasteiger partial charge in [-0.15, -0.1) is 0 Å². The number of hydrogen-bond acceptors (Lipinski definition) is 3. The summed E-state index contributed by atoms with van der Waals surface area (Å²) in [6.45, 7) is 1.80. The van der Waals surface area contributed by atoms with Gasteiger partial charge in [-0.05, 0) is 48.8 Å². The number of esters is 1. The van der Waals surface area contributed by atoms with Crippen LogP contribution in [0, 0.1) is 11.3 Å². The molecule has 0 N–H and O–H groups in total. The summed E-state index contributed by atoms with van der Waals surface area (Å²) in [4.78, 5) is 11.5. The van der Waals surface area contributed by atoms with E-state index in [2.05, 4.69) is 12.1 Å². The molecule has 1 aliphatic carbocycles. The van der Waals surface area contributed by atoms with E-state index < -0.39 is 0 Å². The van der Waals surface area contributed by atoms with Crippen LogP contribution in [0.5, 0.6) is 5.75 Å².